The lowest BCUT2D eigenvalue weighted by Gasteiger charge is -2.01. The van der Waals surface area contributed by atoms with E-state index in [0.717, 1.165) is 22.2 Å². The highest BCUT2D eigenvalue weighted by molar-refractivity contribution is 6.15. The summed E-state index contributed by atoms with van der Waals surface area (Å²) in [5, 5.41) is 10.5. The minimum atomic E-state index is -0.134. The van der Waals surface area contributed by atoms with Gasteiger partial charge in [-0.3, -0.25) is 9.36 Å². The molecular weight excluding hydrogens is 270 g/mol. The van der Waals surface area contributed by atoms with Crippen LogP contribution in [0.25, 0.3) is 22.2 Å². The zero-order chi connectivity index (χ0) is 14.1. The lowest BCUT2D eigenvalue weighted by molar-refractivity contribution is 0.0973. The Hall–Kier alpha value is -2.95. The number of carbonyl (C=O) groups excluding carboxylic acids is 1. The molecule has 1 aromatic heterocycles. The first-order chi connectivity index (χ1) is 10.2. The normalized spacial score (nSPS) is 14.6. The predicted molar refractivity (Wildman–Crippen MR) is 74.9 cm³/mol. The van der Waals surface area contributed by atoms with Crippen molar-refractivity contribution in [1.82, 2.24) is 4.57 Å². The van der Waals surface area contributed by atoms with Gasteiger partial charge in [-0.05, 0) is 30.3 Å². The van der Waals surface area contributed by atoms with Gasteiger partial charge in [-0.15, -0.1) is 0 Å². The van der Waals surface area contributed by atoms with Gasteiger partial charge < -0.3 is 14.6 Å². The maximum absolute atomic E-state index is 12.6. The molecule has 0 saturated heterocycles. The molecule has 2 aromatic carbocycles. The number of nitrogens with zero attached hydrogens (tertiary/aromatic N) is 1. The molecule has 3 heterocycles. The number of hydrogen-bond donors (Lipinski definition) is 1. The van der Waals surface area contributed by atoms with Crippen LogP contribution in [0.5, 0.6) is 17.2 Å². The maximum Gasteiger partial charge on any atom is 0.263 e. The Labute approximate surface area is 118 Å². The summed E-state index contributed by atoms with van der Waals surface area (Å²) >= 11 is 0. The van der Waals surface area contributed by atoms with Gasteiger partial charge in [-0.2, -0.15) is 0 Å². The molecule has 5 heteroatoms. The van der Waals surface area contributed by atoms with Gasteiger partial charge in [0.05, 0.1) is 16.8 Å². The summed E-state index contributed by atoms with van der Waals surface area (Å²) in [6, 6.07) is 10.5. The Morgan fingerprint density at radius 1 is 1.00 bits per heavy atom. The highest BCUT2D eigenvalue weighted by Crippen LogP contribution is 2.42. The van der Waals surface area contributed by atoms with E-state index in [1.54, 1.807) is 16.7 Å². The number of phenolic OH excluding ortho intramolecular Hbond substituents is 1. The lowest BCUT2D eigenvalue weighted by Crippen LogP contribution is -2.05. The molecule has 0 bridgehead atoms. The Balaban J connectivity index is 1.86. The zero-order valence-electron chi connectivity index (χ0n) is 10.8. The molecule has 2 aliphatic rings. The minimum Gasteiger partial charge on any atom is -0.508 e. The largest absolute Gasteiger partial charge is 0.508 e. The molecule has 102 valence electrons. The first-order valence-electron chi connectivity index (χ1n) is 6.55. The lowest BCUT2D eigenvalue weighted by atomic mass is 10.1. The molecule has 0 saturated carbocycles. The third-order valence-electron chi connectivity index (χ3n) is 4.01. The first-order valence-corrected chi connectivity index (χ1v) is 6.55. The predicted octanol–water partition coefficient (Wildman–Crippen LogP) is 2.74. The number of rotatable bonds is 0. The van der Waals surface area contributed by atoms with Crippen LogP contribution in [-0.4, -0.2) is 22.4 Å². The number of carbonyl (C=O) groups is 1. The monoisotopic (exact) mass is 279 g/mol. The smallest absolute Gasteiger partial charge is 0.263 e. The Morgan fingerprint density at radius 3 is 2.67 bits per heavy atom. The molecule has 1 N–H and O–H groups in total. The van der Waals surface area contributed by atoms with Crippen LogP contribution in [0, 0.1) is 0 Å². The summed E-state index contributed by atoms with van der Waals surface area (Å²) in [6.45, 7) is 0.205. The van der Waals surface area contributed by atoms with Crippen LogP contribution in [0.2, 0.25) is 0 Å². The summed E-state index contributed by atoms with van der Waals surface area (Å²) in [7, 11) is 0. The fourth-order valence-corrected chi connectivity index (χ4v) is 3.07. The number of fused-ring (bicyclic) bond motifs is 6. The van der Waals surface area contributed by atoms with Crippen LogP contribution in [0.15, 0.2) is 36.4 Å². The fraction of sp³-hybridized carbons (Fsp3) is 0.0625. The number of benzene rings is 2. The molecule has 21 heavy (non-hydrogen) atoms. The molecule has 5 rings (SSSR count). The summed E-state index contributed by atoms with van der Waals surface area (Å²) < 4.78 is 12.4. The van der Waals surface area contributed by atoms with Gasteiger partial charge in [-0.1, -0.05) is 0 Å². The zero-order valence-corrected chi connectivity index (χ0v) is 10.8. The standard InChI is InChI=1S/C16H9NO4/c18-9-1-2-10-11(5-9)16(19)17-12-6-15-14(20-7-21-15)4-8(12)3-13(10)17/h1-6,18H,7H2. The van der Waals surface area contributed by atoms with Gasteiger partial charge in [0, 0.05) is 17.0 Å². The summed E-state index contributed by atoms with van der Waals surface area (Å²) in [5.74, 6) is 1.31. The SMILES string of the molecule is O=C1c2cc(O)ccc2-c2cc3cc4c(cc3n21)OCO4. The van der Waals surface area contributed by atoms with Crippen molar-refractivity contribution in [3.05, 3.63) is 42.0 Å². The molecule has 0 fully saturated rings. The molecule has 0 spiro atoms. The Kier molecular flexibility index (Phi) is 1.74. The fourth-order valence-electron chi connectivity index (χ4n) is 3.07. The van der Waals surface area contributed by atoms with Crippen molar-refractivity contribution in [3.63, 3.8) is 0 Å². The number of phenols is 1. The molecule has 2 aliphatic heterocycles. The van der Waals surface area contributed by atoms with E-state index in [4.69, 9.17) is 9.47 Å². The van der Waals surface area contributed by atoms with Crippen molar-refractivity contribution in [2.75, 3.05) is 6.79 Å². The van der Waals surface area contributed by atoms with Crippen molar-refractivity contribution in [1.29, 1.82) is 0 Å². The maximum atomic E-state index is 12.6. The van der Waals surface area contributed by atoms with Gasteiger partial charge in [0.25, 0.3) is 5.91 Å². The highest BCUT2D eigenvalue weighted by Gasteiger charge is 2.30. The Bertz CT molecular complexity index is 955. The van der Waals surface area contributed by atoms with E-state index in [1.165, 1.54) is 6.07 Å². The summed E-state index contributed by atoms with van der Waals surface area (Å²) in [5.41, 5.74) is 2.96. The van der Waals surface area contributed by atoms with Gasteiger partial charge in [0.15, 0.2) is 11.5 Å². The second-order valence-electron chi connectivity index (χ2n) is 5.16. The molecule has 3 aromatic rings. The van der Waals surface area contributed by atoms with Crippen molar-refractivity contribution in [3.8, 4) is 28.5 Å². The third-order valence-corrected chi connectivity index (χ3v) is 4.01. The van der Waals surface area contributed by atoms with Crippen LogP contribution in [0.1, 0.15) is 10.4 Å². The summed E-state index contributed by atoms with van der Waals surface area (Å²) in [6.07, 6.45) is 0. The average molecular weight is 279 g/mol. The molecule has 0 unspecified atom stereocenters. The number of ether oxygens (including phenoxy) is 2. The van der Waals surface area contributed by atoms with Crippen LogP contribution in [0.3, 0.4) is 0 Å². The third kappa shape index (κ3) is 1.23. The van der Waals surface area contributed by atoms with E-state index < -0.39 is 0 Å². The molecular formula is C16H9NO4. The van der Waals surface area contributed by atoms with Gasteiger partial charge in [0.2, 0.25) is 6.79 Å². The van der Waals surface area contributed by atoms with Crippen molar-refractivity contribution in [2.24, 2.45) is 0 Å². The topological polar surface area (TPSA) is 60.7 Å². The minimum absolute atomic E-state index is 0.0924. The second-order valence-corrected chi connectivity index (χ2v) is 5.16. The van der Waals surface area contributed by atoms with Crippen LogP contribution in [-0.2, 0) is 0 Å². The van der Waals surface area contributed by atoms with Crippen molar-refractivity contribution in [2.45, 2.75) is 0 Å². The number of hydrogen-bond acceptors (Lipinski definition) is 4. The average Bonchev–Trinajstić information content (AvgIpc) is 3.12. The Morgan fingerprint density at radius 2 is 1.81 bits per heavy atom. The van der Waals surface area contributed by atoms with E-state index in [1.807, 2.05) is 18.2 Å². The number of aromatic nitrogens is 1. The van der Waals surface area contributed by atoms with Crippen LogP contribution >= 0.6 is 0 Å². The van der Waals surface area contributed by atoms with Crippen LogP contribution < -0.4 is 9.47 Å². The number of aromatic hydroxyl groups is 1. The van der Waals surface area contributed by atoms with Gasteiger partial charge >= 0.3 is 0 Å². The van der Waals surface area contributed by atoms with E-state index in [2.05, 4.69) is 0 Å². The molecule has 0 radical (unpaired) electrons. The molecule has 0 aliphatic carbocycles. The van der Waals surface area contributed by atoms with Gasteiger partial charge in [0.1, 0.15) is 5.75 Å². The summed E-state index contributed by atoms with van der Waals surface area (Å²) in [4.78, 5) is 12.6. The van der Waals surface area contributed by atoms with Gasteiger partial charge in [-0.25, -0.2) is 0 Å². The highest BCUT2D eigenvalue weighted by atomic mass is 16.7. The quantitative estimate of drug-likeness (QED) is 0.537. The van der Waals surface area contributed by atoms with E-state index in [0.29, 0.717) is 17.1 Å². The van der Waals surface area contributed by atoms with E-state index in [9.17, 15) is 9.90 Å². The molecule has 0 atom stereocenters. The molecule has 0 amide bonds. The van der Waals surface area contributed by atoms with Crippen molar-refractivity contribution >= 4 is 16.8 Å². The van der Waals surface area contributed by atoms with Crippen LogP contribution in [0.4, 0.5) is 0 Å². The van der Waals surface area contributed by atoms with E-state index in [-0.39, 0.29) is 18.4 Å². The van der Waals surface area contributed by atoms with Crippen molar-refractivity contribution < 1.29 is 19.4 Å². The van der Waals surface area contributed by atoms with E-state index >= 15 is 0 Å². The first kappa shape index (κ1) is 10.8. The molecule has 5 nitrogen and oxygen atoms in total. The second kappa shape index (κ2) is 3.38.